The van der Waals surface area contributed by atoms with E-state index in [0.717, 1.165) is 11.4 Å². The number of aromatic nitrogens is 1. The van der Waals surface area contributed by atoms with Gasteiger partial charge in [-0.1, -0.05) is 26.0 Å². The molecule has 6 heteroatoms. The van der Waals surface area contributed by atoms with Crippen molar-refractivity contribution in [3.63, 3.8) is 0 Å². The Labute approximate surface area is 135 Å². The fourth-order valence-electron chi connectivity index (χ4n) is 2.54. The number of benzene rings is 1. The lowest BCUT2D eigenvalue weighted by molar-refractivity contribution is -0.148. The third-order valence-corrected chi connectivity index (χ3v) is 3.79. The Hall–Kier alpha value is -2.50. The van der Waals surface area contributed by atoms with Gasteiger partial charge in [0, 0.05) is 5.92 Å². The quantitative estimate of drug-likeness (QED) is 0.808. The third kappa shape index (κ3) is 3.16. The number of oxazole rings is 1. The second-order valence-corrected chi connectivity index (χ2v) is 5.79. The summed E-state index contributed by atoms with van der Waals surface area (Å²) in [4.78, 5) is 18.2. The van der Waals surface area contributed by atoms with Crippen LogP contribution in [0.2, 0.25) is 0 Å². The van der Waals surface area contributed by atoms with Gasteiger partial charge in [0.15, 0.2) is 0 Å². The van der Waals surface area contributed by atoms with Crippen molar-refractivity contribution in [2.75, 3.05) is 18.6 Å². The van der Waals surface area contributed by atoms with E-state index in [0.29, 0.717) is 24.7 Å². The fourth-order valence-corrected chi connectivity index (χ4v) is 2.54. The van der Waals surface area contributed by atoms with Crippen molar-refractivity contribution in [3.8, 4) is 5.75 Å². The summed E-state index contributed by atoms with van der Waals surface area (Å²) in [6.07, 6.45) is 1.10. The highest BCUT2D eigenvalue weighted by Gasteiger charge is 2.32. The van der Waals surface area contributed by atoms with E-state index >= 15 is 0 Å². The molecule has 0 saturated carbocycles. The zero-order valence-electron chi connectivity index (χ0n) is 13.5. The maximum Gasteiger partial charge on any atom is 0.348 e. The Balaban J connectivity index is 1.85. The first-order valence-corrected chi connectivity index (χ1v) is 7.61. The van der Waals surface area contributed by atoms with E-state index in [9.17, 15) is 4.79 Å². The highest BCUT2D eigenvalue weighted by Crippen LogP contribution is 2.34. The molecule has 3 rings (SSSR count). The molecule has 1 aromatic heterocycles. The van der Waals surface area contributed by atoms with Crippen LogP contribution in [0.1, 0.15) is 31.4 Å². The van der Waals surface area contributed by atoms with E-state index in [1.165, 1.54) is 7.11 Å². The van der Waals surface area contributed by atoms with Crippen LogP contribution in [0.25, 0.3) is 0 Å². The minimum Gasteiger partial charge on any atom is -0.475 e. The topological polar surface area (TPSA) is 64.8 Å². The molecule has 0 bridgehead atoms. The first-order valence-electron chi connectivity index (χ1n) is 7.61. The Morgan fingerprint density at radius 2 is 2.22 bits per heavy atom. The number of esters is 1. The molecule has 1 atom stereocenters. The first-order chi connectivity index (χ1) is 11.1. The van der Waals surface area contributed by atoms with E-state index in [4.69, 9.17) is 13.9 Å². The van der Waals surface area contributed by atoms with Crippen LogP contribution >= 0.6 is 0 Å². The number of fused-ring (bicyclic) bond motifs is 1. The molecule has 0 fully saturated rings. The monoisotopic (exact) mass is 316 g/mol. The molecule has 0 saturated heterocycles. The number of ether oxygens (including phenoxy) is 2. The summed E-state index contributed by atoms with van der Waals surface area (Å²) < 4.78 is 16.3. The molecule has 1 aliphatic rings. The average Bonchev–Trinajstić information content (AvgIpc) is 3.03. The SMILES string of the molecule is COC(=O)[C@H]1CN(Cc2ncc(C(C)C)o2)c2ccccc2O1. The highest BCUT2D eigenvalue weighted by molar-refractivity contribution is 5.78. The maximum absolute atomic E-state index is 11.9. The summed E-state index contributed by atoms with van der Waals surface area (Å²) in [5.41, 5.74) is 0.914. The van der Waals surface area contributed by atoms with Gasteiger partial charge in [0.2, 0.25) is 12.0 Å². The third-order valence-electron chi connectivity index (χ3n) is 3.79. The lowest BCUT2D eigenvalue weighted by Gasteiger charge is -2.34. The fraction of sp³-hybridized carbons (Fsp3) is 0.412. The van der Waals surface area contributed by atoms with E-state index in [-0.39, 0.29) is 11.9 Å². The summed E-state index contributed by atoms with van der Waals surface area (Å²) in [7, 11) is 1.36. The molecule has 0 spiro atoms. The van der Waals surface area contributed by atoms with Crippen LogP contribution in [-0.2, 0) is 16.1 Å². The number of methoxy groups -OCH3 is 1. The number of carbonyl (C=O) groups excluding carboxylic acids is 1. The minimum atomic E-state index is -0.658. The van der Waals surface area contributed by atoms with Crippen molar-refractivity contribution in [1.82, 2.24) is 4.98 Å². The van der Waals surface area contributed by atoms with Crippen molar-refractivity contribution in [2.24, 2.45) is 0 Å². The minimum absolute atomic E-state index is 0.288. The number of carbonyl (C=O) groups is 1. The van der Waals surface area contributed by atoms with Crippen LogP contribution in [-0.4, -0.2) is 30.7 Å². The number of anilines is 1. The molecule has 1 aromatic carbocycles. The van der Waals surface area contributed by atoms with Crippen molar-refractivity contribution in [1.29, 1.82) is 0 Å². The molecule has 0 unspecified atom stereocenters. The van der Waals surface area contributed by atoms with E-state index in [1.807, 2.05) is 29.2 Å². The van der Waals surface area contributed by atoms with Crippen LogP contribution in [0.4, 0.5) is 5.69 Å². The van der Waals surface area contributed by atoms with Gasteiger partial charge in [-0.05, 0) is 12.1 Å². The highest BCUT2D eigenvalue weighted by atomic mass is 16.6. The Morgan fingerprint density at radius 3 is 2.91 bits per heavy atom. The number of rotatable bonds is 4. The van der Waals surface area contributed by atoms with E-state index < -0.39 is 6.10 Å². The summed E-state index contributed by atoms with van der Waals surface area (Å²) >= 11 is 0. The lowest BCUT2D eigenvalue weighted by Crippen LogP contribution is -2.44. The van der Waals surface area contributed by atoms with Crippen LogP contribution in [0.3, 0.4) is 0 Å². The number of para-hydroxylation sites is 2. The van der Waals surface area contributed by atoms with Gasteiger partial charge in [0.25, 0.3) is 0 Å². The zero-order valence-corrected chi connectivity index (χ0v) is 13.5. The van der Waals surface area contributed by atoms with Gasteiger partial charge in [0.1, 0.15) is 11.5 Å². The Bertz CT molecular complexity index is 695. The van der Waals surface area contributed by atoms with Gasteiger partial charge in [-0.25, -0.2) is 9.78 Å². The van der Waals surface area contributed by atoms with Gasteiger partial charge in [-0.15, -0.1) is 0 Å². The standard InChI is InChI=1S/C17H20N2O4/c1-11(2)14-8-18-16(23-14)10-19-9-15(17(20)21-3)22-13-7-5-4-6-12(13)19/h4-8,11,15H,9-10H2,1-3H3/t15-/m1/s1. The van der Waals surface area contributed by atoms with Gasteiger partial charge < -0.3 is 18.8 Å². The second-order valence-electron chi connectivity index (χ2n) is 5.79. The Morgan fingerprint density at radius 1 is 1.43 bits per heavy atom. The molecule has 6 nitrogen and oxygen atoms in total. The normalized spacial score (nSPS) is 16.9. The molecule has 23 heavy (non-hydrogen) atoms. The van der Waals surface area contributed by atoms with Gasteiger partial charge >= 0.3 is 5.97 Å². The first kappa shape index (κ1) is 15.4. The summed E-state index contributed by atoms with van der Waals surface area (Å²) in [5.74, 6) is 2.03. The Kier molecular flexibility index (Phi) is 4.23. The molecule has 0 radical (unpaired) electrons. The molecule has 122 valence electrons. The predicted octanol–water partition coefficient (Wildman–Crippen LogP) is 2.74. The molecule has 2 aromatic rings. The van der Waals surface area contributed by atoms with Crippen LogP contribution < -0.4 is 9.64 Å². The molecule has 2 heterocycles. The predicted molar refractivity (Wildman–Crippen MR) is 84.5 cm³/mol. The summed E-state index contributed by atoms with van der Waals surface area (Å²) in [5, 5.41) is 0. The van der Waals surface area contributed by atoms with E-state index in [2.05, 4.69) is 18.8 Å². The lowest BCUT2D eigenvalue weighted by atomic mass is 10.2. The summed E-state index contributed by atoms with van der Waals surface area (Å²) in [6, 6.07) is 7.60. The number of hydrogen-bond donors (Lipinski definition) is 0. The molecule has 0 aliphatic carbocycles. The summed E-state index contributed by atoms with van der Waals surface area (Å²) in [6.45, 7) is 4.98. The van der Waals surface area contributed by atoms with Crippen molar-refractivity contribution in [2.45, 2.75) is 32.4 Å². The zero-order chi connectivity index (χ0) is 16.4. The molecule has 1 aliphatic heterocycles. The molecule has 0 amide bonds. The smallest absolute Gasteiger partial charge is 0.348 e. The molecular weight excluding hydrogens is 296 g/mol. The largest absolute Gasteiger partial charge is 0.475 e. The molecule has 0 N–H and O–H groups in total. The van der Waals surface area contributed by atoms with Crippen molar-refractivity contribution < 1.29 is 18.7 Å². The van der Waals surface area contributed by atoms with Crippen LogP contribution in [0.15, 0.2) is 34.9 Å². The van der Waals surface area contributed by atoms with Gasteiger partial charge in [-0.2, -0.15) is 0 Å². The molecular formula is C17H20N2O4. The van der Waals surface area contributed by atoms with Gasteiger partial charge in [0.05, 0.1) is 32.1 Å². The van der Waals surface area contributed by atoms with E-state index in [1.54, 1.807) is 6.20 Å². The van der Waals surface area contributed by atoms with Crippen LogP contribution in [0, 0.1) is 0 Å². The average molecular weight is 316 g/mol. The number of hydrogen-bond acceptors (Lipinski definition) is 6. The van der Waals surface area contributed by atoms with Gasteiger partial charge in [-0.3, -0.25) is 0 Å². The maximum atomic E-state index is 11.9. The second kappa shape index (κ2) is 6.32. The van der Waals surface area contributed by atoms with Crippen molar-refractivity contribution in [3.05, 3.63) is 42.1 Å². The van der Waals surface area contributed by atoms with Crippen LogP contribution in [0.5, 0.6) is 5.75 Å². The van der Waals surface area contributed by atoms with Crippen molar-refractivity contribution >= 4 is 11.7 Å². The number of nitrogens with zero attached hydrogens (tertiary/aromatic N) is 2.